The molecule has 0 unspecified atom stereocenters. The Balaban J connectivity index is 1.38. The first kappa shape index (κ1) is 22.9. The summed E-state index contributed by atoms with van der Waals surface area (Å²) in [6.07, 6.45) is 4.14. The molecular formula is C31H27NO2S. The number of thiazole rings is 1. The average molecular weight is 478 g/mol. The van der Waals surface area contributed by atoms with Gasteiger partial charge in [0.1, 0.15) is 18.2 Å². The molecule has 5 aromatic rings. The Morgan fingerprint density at radius 3 is 2.00 bits per heavy atom. The molecular weight excluding hydrogens is 450 g/mol. The van der Waals surface area contributed by atoms with Crippen molar-refractivity contribution in [3.8, 4) is 11.5 Å². The van der Waals surface area contributed by atoms with Crippen LogP contribution in [0.3, 0.4) is 0 Å². The predicted molar refractivity (Wildman–Crippen MR) is 146 cm³/mol. The summed E-state index contributed by atoms with van der Waals surface area (Å²) in [4.78, 5) is 4.78. The Labute approximate surface area is 210 Å². The molecule has 0 aliphatic carbocycles. The van der Waals surface area contributed by atoms with Crippen molar-refractivity contribution >= 4 is 33.7 Å². The lowest BCUT2D eigenvalue weighted by molar-refractivity contribution is 0.256. The van der Waals surface area contributed by atoms with Crippen LogP contribution in [0.4, 0.5) is 0 Å². The van der Waals surface area contributed by atoms with Crippen LogP contribution in [0.15, 0.2) is 91.0 Å². The molecule has 0 fully saturated rings. The van der Waals surface area contributed by atoms with Crippen molar-refractivity contribution in [3.05, 3.63) is 124 Å². The van der Waals surface area contributed by atoms with Crippen molar-refractivity contribution in [2.45, 2.75) is 27.1 Å². The van der Waals surface area contributed by atoms with Crippen LogP contribution in [-0.2, 0) is 13.2 Å². The van der Waals surface area contributed by atoms with Gasteiger partial charge in [-0.05, 0) is 72.0 Å². The highest BCUT2D eigenvalue weighted by molar-refractivity contribution is 7.19. The van der Waals surface area contributed by atoms with Crippen LogP contribution in [-0.4, -0.2) is 4.98 Å². The van der Waals surface area contributed by atoms with Gasteiger partial charge in [0, 0.05) is 0 Å². The molecule has 0 bridgehead atoms. The molecule has 0 radical (unpaired) electrons. The summed E-state index contributed by atoms with van der Waals surface area (Å²) in [5.41, 5.74) is 6.88. The van der Waals surface area contributed by atoms with E-state index in [4.69, 9.17) is 14.5 Å². The number of fused-ring (bicyclic) bond motifs is 1. The minimum Gasteiger partial charge on any atom is -0.485 e. The highest BCUT2D eigenvalue weighted by atomic mass is 32.1. The zero-order chi connectivity index (χ0) is 24.0. The predicted octanol–water partition coefficient (Wildman–Crippen LogP) is 8.24. The summed E-state index contributed by atoms with van der Waals surface area (Å²) in [5.74, 6) is 1.45. The van der Waals surface area contributed by atoms with E-state index in [0.717, 1.165) is 38.7 Å². The van der Waals surface area contributed by atoms with Gasteiger partial charge in [-0.3, -0.25) is 0 Å². The normalized spacial score (nSPS) is 11.3. The van der Waals surface area contributed by atoms with Gasteiger partial charge in [0.25, 0.3) is 0 Å². The van der Waals surface area contributed by atoms with Crippen molar-refractivity contribution in [3.63, 3.8) is 0 Å². The number of aryl methyl sites for hydroxylation is 2. The summed E-state index contributed by atoms with van der Waals surface area (Å²) >= 11 is 1.71. The maximum Gasteiger partial charge on any atom is 0.162 e. The standard InChI is InChI=1S/C31H27NO2S/c1-22-17-27-30(18-23(22)2)35-31(32-27)16-14-24-13-15-28(33-20-25-9-5-3-6-10-25)29(19-24)34-21-26-11-7-4-8-12-26/h3-19H,20-21H2,1-2H3. The van der Waals surface area contributed by atoms with Crippen molar-refractivity contribution in [2.75, 3.05) is 0 Å². The Morgan fingerprint density at radius 1 is 0.686 bits per heavy atom. The molecule has 1 heterocycles. The van der Waals surface area contributed by atoms with Crippen LogP contribution in [0.2, 0.25) is 0 Å². The first-order valence-electron chi connectivity index (χ1n) is 11.7. The number of hydrogen-bond acceptors (Lipinski definition) is 4. The fourth-order valence-electron chi connectivity index (χ4n) is 3.77. The number of aromatic nitrogens is 1. The molecule has 4 aromatic carbocycles. The molecule has 4 heteroatoms. The Bertz CT molecular complexity index is 1420. The van der Waals surface area contributed by atoms with E-state index in [1.165, 1.54) is 15.8 Å². The molecule has 3 nitrogen and oxygen atoms in total. The topological polar surface area (TPSA) is 31.4 Å². The van der Waals surface area contributed by atoms with Gasteiger partial charge in [0.15, 0.2) is 11.5 Å². The lowest BCUT2D eigenvalue weighted by Gasteiger charge is -2.14. The van der Waals surface area contributed by atoms with Crippen molar-refractivity contribution in [1.82, 2.24) is 4.98 Å². The first-order valence-corrected chi connectivity index (χ1v) is 12.5. The second kappa shape index (κ2) is 10.6. The quantitative estimate of drug-likeness (QED) is 0.225. The van der Waals surface area contributed by atoms with Crippen LogP contribution >= 0.6 is 11.3 Å². The van der Waals surface area contributed by atoms with E-state index in [0.29, 0.717) is 13.2 Å². The molecule has 0 aliphatic rings. The molecule has 0 atom stereocenters. The summed E-state index contributed by atoms with van der Waals surface area (Å²) < 4.78 is 13.6. The maximum atomic E-state index is 6.21. The fourth-order valence-corrected chi connectivity index (χ4v) is 4.72. The third-order valence-corrected chi connectivity index (χ3v) is 6.86. The molecule has 35 heavy (non-hydrogen) atoms. The van der Waals surface area contributed by atoms with Gasteiger partial charge in [-0.25, -0.2) is 4.98 Å². The minimum atomic E-state index is 0.478. The molecule has 0 aliphatic heterocycles. The third kappa shape index (κ3) is 5.79. The summed E-state index contributed by atoms with van der Waals surface area (Å²) in [6, 6.07) is 30.8. The summed E-state index contributed by atoms with van der Waals surface area (Å²) in [7, 11) is 0. The molecule has 0 saturated heterocycles. The van der Waals surface area contributed by atoms with Gasteiger partial charge < -0.3 is 9.47 Å². The van der Waals surface area contributed by atoms with E-state index in [2.05, 4.69) is 62.4 Å². The van der Waals surface area contributed by atoms with Gasteiger partial charge in [-0.2, -0.15) is 0 Å². The Morgan fingerprint density at radius 2 is 1.31 bits per heavy atom. The van der Waals surface area contributed by atoms with Gasteiger partial charge >= 0.3 is 0 Å². The van der Waals surface area contributed by atoms with Crippen LogP contribution in [0.5, 0.6) is 11.5 Å². The summed E-state index contributed by atoms with van der Waals surface area (Å²) in [5, 5.41) is 0.987. The number of nitrogens with zero attached hydrogens (tertiary/aromatic N) is 1. The highest BCUT2D eigenvalue weighted by Gasteiger charge is 2.08. The molecule has 5 rings (SSSR count). The van der Waals surface area contributed by atoms with Crippen LogP contribution < -0.4 is 9.47 Å². The SMILES string of the molecule is Cc1cc2nc(C=Cc3ccc(OCc4ccccc4)c(OCc4ccccc4)c3)sc2cc1C. The largest absolute Gasteiger partial charge is 0.485 e. The van der Waals surface area contributed by atoms with E-state index >= 15 is 0 Å². The molecule has 0 amide bonds. The zero-order valence-corrected chi connectivity index (χ0v) is 20.7. The first-order chi connectivity index (χ1) is 17.1. The Kier molecular flexibility index (Phi) is 6.92. The van der Waals surface area contributed by atoms with Crippen LogP contribution in [0.25, 0.3) is 22.4 Å². The second-order valence-corrected chi connectivity index (χ2v) is 9.61. The lowest BCUT2D eigenvalue weighted by Crippen LogP contribution is -2.00. The third-order valence-electron chi connectivity index (χ3n) is 5.88. The van der Waals surface area contributed by atoms with E-state index in [1.54, 1.807) is 11.3 Å². The zero-order valence-electron chi connectivity index (χ0n) is 19.9. The molecule has 0 saturated carbocycles. The van der Waals surface area contributed by atoms with Crippen molar-refractivity contribution in [2.24, 2.45) is 0 Å². The fraction of sp³-hybridized carbons (Fsp3) is 0.129. The smallest absolute Gasteiger partial charge is 0.162 e. The van der Waals surface area contributed by atoms with Crippen LogP contribution in [0.1, 0.15) is 32.8 Å². The number of rotatable bonds is 8. The molecule has 0 N–H and O–H groups in total. The second-order valence-electron chi connectivity index (χ2n) is 8.54. The average Bonchev–Trinajstić information content (AvgIpc) is 3.28. The maximum absolute atomic E-state index is 6.21. The molecule has 0 spiro atoms. The van der Waals surface area contributed by atoms with Crippen molar-refractivity contribution < 1.29 is 9.47 Å². The van der Waals surface area contributed by atoms with Gasteiger partial charge in [-0.15, -0.1) is 11.3 Å². The highest BCUT2D eigenvalue weighted by Crippen LogP contribution is 2.32. The number of benzene rings is 4. The van der Waals surface area contributed by atoms with E-state index in [1.807, 2.05) is 54.6 Å². The number of hydrogen-bond donors (Lipinski definition) is 0. The summed E-state index contributed by atoms with van der Waals surface area (Å²) in [6.45, 7) is 5.24. The minimum absolute atomic E-state index is 0.478. The Hall–Kier alpha value is -3.89. The van der Waals surface area contributed by atoms with Crippen LogP contribution in [0, 0.1) is 13.8 Å². The van der Waals surface area contributed by atoms with Gasteiger partial charge in [-0.1, -0.05) is 72.8 Å². The molecule has 1 aromatic heterocycles. The molecule has 174 valence electrons. The van der Waals surface area contributed by atoms with Gasteiger partial charge in [0.2, 0.25) is 0 Å². The number of ether oxygens (including phenoxy) is 2. The van der Waals surface area contributed by atoms with E-state index in [9.17, 15) is 0 Å². The monoisotopic (exact) mass is 477 g/mol. The van der Waals surface area contributed by atoms with E-state index < -0.39 is 0 Å². The van der Waals surface area contributed by atoms with Gasteiger partial charge in [0.05, 0.1) is 10.2 Å². The van der Waals surface area contributed by atoms with Crippen molar-refractivity contribution in [1.29, 1.82) is 0 Å². The van der Waals surface area contributed by atoms with E-state index in [-0.39, 0.29) is 0 Å². The lowest BCUT2D eigenvalue weighted by atomic mass is 10.1.